The lowest BCUT2D eigenvalue weighted by Crippen LogP contribution is -2.27. The first kappa shape index (κ1) is 22.4. The van der Waals surface area contributed by atoms with E-state index in [0.717, 1.165) is 11.3 Å². The highest BCUT2D eigenvalue weighted by atomic mass is 19.1. The normalized spacial score (nSPS) is 15.9. The summed E-state index contributed by atoms with van der Waals surface area (Å²) in [4.78, 5) is 27.3. The fourth-order valence-electron chi connectivity index (χ4n) is 3.89. The van der Waals surface area contributed by atoms with Gasteiger partial charge in [-0.15, -0.1) is 0 Å². The molecule has 0 radical (unpaired) electrons. The van der Waals surface area contributed by atoms with Crippen LogP contribution in [0.2, 0.25) is 0 Å². The summed E-state index contributed by atoms with van der Waals surface area (Å²) in [7, 11) is 0. The molecule has 2 atom stereocenters. The standard InChI is InChI=1S/C26H23FN6O2/c1-15-6-7-20(21(27)9-15)17-10-18(23-13-24(35-33-23)22-5-3-4-8-28-22)12-19(11-17)26(34)31-16(2)25-29-14-30-32-25/h3-14,16,24,33H,1-2H3,(H,31,34)(H,29,30,32)/t16-,24?/m0/s1. The van der Waals surface area contributed by atoms with Crippen molar-refractivity contribution in [1.82, 2.24) is 31.0 Å². The van der Waals surface area contributed by atoms with Gasteiger partial charge in [0.05, 0.1) is 17.4 Å². The van der Waals surface area contributed by atoms with Gasteiger partial charge in [0.1, 0.15) is 24.1 Å². The topological polar surface area (TPSA) is 105 Å². The van der Waals surface area contributed by atoms with Gasteiger partial charge in [0, 0.05) is 22.9 Å². The summed E-state index contributed by atoms with van der Waals surface area (Å²) in [6, 6.07) is 15.5. The molecule has 0 fully saturated rings. The summed E-state index contributed by atoms with van der Waals surface area (Å²) in [6.07, 6.45) is 4.57. The van der Waals surface area contributed by atoms with E-state index in [1.54, 1.807) is 31.3 Å². The lowest BCUT2D eigenvalue weighted by atomic mass is 9.96. The van der Waals surface area contributed by atoms with Gasteiger partial charge >= 0.3 is 0 Å². The van der Waals surface area contributed by atoms with Gasteiger partial charge in [0.25, 0.3) is 5.91 Å². The second-order valence-electron chi connectivity index (χ2n) is 8.32. The Labute approximate surface area is 201 Å². The van der Waals surface area contributed by atoms with Crippen LogP contribution < -0.4 is 10.8 Å². The van der Waals surface area contributed by atoms with Crippen LogP contribution in [0.1, 0.15) is 52.1 Å². The van der Waals surface area contributed by atoms with Gasteiger partial charge in [0.15, 0.2) is 0 Å². The summed E-state index contributed by atoms with van der Waals surface area (Å²) < 4.78 is 14.9. The molecule has 8 nitrogen and oxygen atoms in total. The molecule has 35 heavy (non-hydrogen) atoms. The number of H-pyrrole nitrogens is 1. The minimum Gasteiger partial charge on any atom is -0.342 e. The van der Waals surface area contributed by atoms with Gasteiger partial charge in [0.2, 0.25) is 0 Å². The predicted octanol–water partition coefficient (Wildman–Crippen LogP) is 4.42. The molecule has 176 valence electrons. The van der Waals surface area contributed by atoms with Gasteiger partial charge in [-0.25, -0.2) is 9.37 Å². The van der Waals surface area contributed by atoms with Crippen molar-refractivity contribution in [1.29, 1.82) is 0 Å². The number of amides is 1. The highest BCUT2D eigenvalue weighted by molar-refractivity contribution is 5.97. The monoisotopic (exact) mass is 470 g/mol. The minimum atomic E-state index is -0.395. The van der Waals surface area contributed by atoms with E-state index < -0.39 is 12.1 Å². The summed E-state index contributed by atoms with van der Waals surface area (Å²) in [6.45, 7) is 3.63. The van der Waals surface area contributed by atoms with Crippen LogP contribution >= 0.6 is 0 Å². The van der Waals surface area contributed by atoms with Crippen molar-refractivity contribution in [2.75, 3.05) is 0 Å². The van der Waals surface area contributed by atoms with Crippen LogP contribution in [0.4, 0.5) is 4.39 Å². The second-order valence-corrected chi connectivity index (χ2v) is 8.32. The minimum absolute atomic E-state index is 0.328. The number of aromatic nitrogens is 4. The molecule has 3 heterocycles. The molecular formula is C26H23FN6O2. The zero-order valence-corrected chi connectivity index (χ0v) is 19.1. The number of carbonyl (C=O) groups is 1. The first-order valence-corrected chi connectivity index (χ1v) is 11.1. The van der Waals surface area contributed by atoms with Crippen LogP contribution in [-0.2, 0) is 4.84 Å². The Morgan fingerprint density at radius 1 is 1.11 bits per heavy atom. The smallest absolute Gasteiger partial charge is 0.251 e. The van der Waals surface area contributed by atoms with Gasteiger partial charge < -0.3 is 5.32 Å². The Kier molecular flexibility index (Phi) is 6.07. The number of hydrogen-bond donors (Lipinski definition) is 3. The highest BCUT2D eigenvalue weighted by Gasteiger charge is 2.23. The zero-order chi connectivity index (χ0) is 24.4. The maximum Gasteiger partial charge on any atom is 0.251 e. The molecule has 1 aliphatic heterocycles. The summed E-state index contributed by atoms with van der Waals surface area (Å²) in [5, 5.41) is 9.49. The van der Waals surface area contributed by atoms with Crippen molar-refractivity contribution in [2.45, 2.75) is 26.0 Å². The maximum atomic E-state index is 14.9. The molecule has 0 saturated carbocycles. The molecule has 1 aliphatic rings. The lowest BCUT2D eigenvalue weighted by molar-refractivity contribution is 0.0487. The third-order valence-corrected chi connectivity index (χ3v) is 5.73. The number of halogens is 1. The van der Waals surface area contributed by atoms with E-state index in [1.165, 1.54) is 12.4 Å². The first-order valence-electron chi connectivity index (χ1n) is 11.1. The number of aromatic amines is 1. The quantitative estimate of drug-likeness (QED) is 0.385. The van der Waals surface area contributed by atoms with Crippen LogP contribution in [0.5, 0.6) is 0 Å². The third kappa shape index (κ3) is 4.80. The highest BCUT2D eigenvalue weighted by Crippen LogP contribution is 2.32. The molecule has 9 heteroatoms. The molecule has 3 N–H and O–H groups in total. The molecule has 5 rings (SSSR count). The number of carbonyl (C=O) groups excluding carboxylic acids is 1. The number of aryl methyl sites for hydroxylation is 1. The zero-order valence-electron chi connectivity index (χ0n) is 19.1. The van der Waals surface area contributed by atoms with Crippen LogP contribution in [0, 0.1) is 12.7 Å². The van der Waals surface area contributed by atoms with Crippen molar-refractivity contribution in [3.8, 4) is 11.1 Å². The molecule has 4 aromatic rings. The van der Waals surface area contributed by atoms with Crippen LogP contribution in [-0.4, -0.2) is 26.1 Å². The van der Waals surface area contributed by atoms with Crippen LogP contribution in [0.25, 0.3) is 16.8 Å². The molecule has 0 saturated heterocycles. The molecule has 1 unspecified atom stereocenters. The van der Waals surface area contributed by atoms with E-state index >= 15 is 0 Å². The van der Waals surface area contributed by atoms with Gasteiger partial charge in [-0.05, 0) is 67.4 Å². The van der Waals surface area contributed by atoms with E-state index in [9.17, 15) is 9.18 Å². The molecule has 0 aliphatic carbocycles. The van der Waals surface area contributed by atoms with Crippen molar-refractivity contribution in [3.05, 3.63) is 107 Å². The van der Waals surface area contributed by atoms with E-state index in [-0.39, 0.29) is 11.7 Å². The number of hydrogen-bond acceptors (Lipinski definition) is 6. The molecule has 1 amide bonds. The number of benzene rings is 2. The van der Waals surface area contributed by atoms with Crippen LogP contribution in [0.15, 0.2) is 73.2 Å². The molecule has 2 aromatic carbocycles. The molecule has 2 aromatic heterocycles. The predicted molar refractivity (Wildman–Crippen MR) is 128 cm³/mol. The van der Waals surface area contributed by atoms with E-state index in [0.29, 0.717) is 33.8 Å². The first-order chi connectivity index (χ1) is 17.0. The van der Waals surface area contributed by atoms with E-state index in [1.807, 2.05) is 43.3 Å². The van der Waals surface area contributed by atoms with E-state index in [2.05, 4.69) is 31.0 Å². The fraction of sp³-hybridized carbons (Fsp3) is 0.154. The van der Waals surface area contributed by atoms with Gasteiger partial charge in [-0.3, -0.25) is 25.2 Å². The van der Waals surface area contributed by atoms with Crippen molar-refractivity contribution < 1.29 is 14.0 Å². The molecular weight excluding hydrogens is 447 g/mol. The van der Waals surface area contributed by atoms with Crippen molar-refractivity contribution in [3.63, 3.8) is 0 Å². The Bertz CT molecular complexity index is 1390. The fourth-order valence-corrected chi connectivity index (χ4v) is 3.89. The summed E-state index contributed by atoms with van der Waals surface area (Å²) in [5.74, 6) is -0.157. The summed E-state index contributed by atoms with van der Waals surface area (Å²) in [5.41, 5.74) is 7.16. The number of hydroxylamine groups is 1. The average Bonchev–Trinajstić information content (AvgIpc) is 3.57. The molecule has 0 bridgehead atoms. The third-order valence-electron chi connectivity index (χ3n) is 5.73. The van der Waals surface area contributed by atoms with Crippen molar-refractivity contribution in [2.24, 2.45) is 0 Å². The molecule has 0 spiro atoms. The average molecular weight is 471 g/mol. The lowest BCUT2D eigenvalue weighted by Gasteiger charge is -2.14. The van der Waals surface area contributed by atoms with Crippen molar-refractivity contribution >= 4 is 11.6 Å². The number of nitrogens with zero attached hydrogens (tertiary/aromatic N) is 3. The Morgan fingerprint density at radius 3 is 2.71 bits per heavy atom. The van der Waals surface area contributed by atoms with E-state index in [4.69, 9.17) is 4.84 Å². The Balaban J connectivity index is 1.53. The Hall–Kier alpha value is -4.37. The summed E-state index contributed by atoms with van der Waals surface area (Å²) >= 11 is 0. The van der Waals surface area contributed by atoms with Gasteiger partial charge in [-0.1, -0.05) is 18.2 Å². The maximum absolute atomic E-state index is 14.9. The SMILES string of the molecule is Cc1ccc(-c2cc(C(=O)N[C@@H](C)c3ncn[nH]3)cc(C3=CC(c4ccccn4)ON3)c2)c(F)c1. The Morgan fingerprint density at radius 2 is 1.97 bits per heavy atom. The number of rotatable bonds is 6. The second kappa shape index (κ2) is 9.47. The van der Waals surface area contributed by atoms with Crippen LogP contribution in [0.3, 0.4) is 0 Å². The largest absolute Gasteiger partial charge is 0.342 e. The van der Waals surface area contributed by atoms with Gasteiger partial charge in [-0.2, -0.15) is 5.10 Å². The number of nitrogens with one attached hydrogen (secondary N) is 3. The number of pyridine rings is 1.